The van der Waals surface area contributed by atoms with Gasteiger partial charge < -0.3 is 18.6 Å². The van der Waals surface area contributed by atoms with Crippen LogP contribution in [0.25, 0.3) is 0 Å². The Bertz CT molecular complexity index is 227. The van der Waals surface area contributed by atoms with Gasteiger partial charge >= 0.3 is 8.80 Å². The van der Waals surface area contributed by atoms with Gasteiger partial charge in [-0.05, 0) is 40.2 Å². The fourth-order valence-electron chi connectivity index (χ4n) is 2.03. The Hall–Kier alpha value is -0.273. The molecule has 0 aromatic heterocycles. The van der Waals surface area contributed by atoms with Crippen LogP contribution in [0.15, 0.2) is 0 Å². The van der Waals surface area contributed by atoms with Gasteiger partial charge in [0.1, 0.15) is 0 Å². The summed E-state index contributed by atoms with van der Waals surface area (Å²) >= 11 is 0. The second-order valence-electron chi connectivity index (χ2n) is 3.87. The quantitative estimate of drug-likeness (QED) is 0.658. The molecule has 0 unspecified atom stereocenters. The number of hydrogen-bond donors (Lipinski definition) is 1. The monoisotopic (exact) mass is 261 g/mol. The van der Waals surface area contributed by atoms with Crippen molar-refractivity contribution in [2.75, 3.05) is 26.4 Å². The van der Waals surface area contributed by atoms with Gasteiger partial charge in [-0.25, -0.2) is 0 Å². The lowest BCUT2D eigenvalue weighted by molar-refractivity contribution is -0.121. The second-order valence-corrected chi connectivity index (χ2v) is 6.34. The minimum absolute atomic E-state index is 0.0134. The summed E-state index contributed by atoms with van der Waals surface area (Å²) < 4.78 is 16.8. The lowest BCUT2D eigenvalue weighted by atomic mass is 10.2. The summed E-state index contributed by atoms with van der Waals surface area (Å²) in [4.78, 5) is 12.5. The summed E-state index contributed by atoms with van der Waals surface area (Å²) in [5, 5.41) is 3.17. The Morgan fingerprint density at radius 2 is 1.71 bits per heavy atom. The number of nitrogens with one attached hydrogen (secondary N) is 1. The normalized spacial score (nSPS) is 20.8. The Kier molecular flexibility index (Phi) is 6.28. The molecule has 1 N–H and O–H groups in total. The molecule has 1 heterocycles. The van der Waals surface area contributed by atoms with Crippen molar-refractivity contribution in [1.82, 2.24) is 5.32 Å². The fourth-order valence-corrected chi connectivity index (χ4v) is 4.52. The Balaban J connectivity index is 2.80. The first-order valence-corrected chi connectivity index (χ1v) is 8.12. The van der Waals surface area contributed by atoms with Crippen molar-refractivity contribution in [3.8, 4) is 0 Å². The molecular formula is C11H23NO4Si. The van der Waals surface area contributed by atoms with E-state index in [2.05, 4.69) is 5.32 Å². The third-order valence-electron chi connectivity index (χ3n) is 2.68. The van der Waals surface area contributed by atoms with Gasteiger partial charge in [0.25, 0.3) is 0 Å². The van der Waals surface area contributed by atoms with Crippen molar-refractivity contribution in [1.29, 1.82) is 0 Å². The van der Waals surface area contributed by atoms with Crippen molar-refractivity contribution in [3.63, 3.8) is 0 Å². The third-order valence-corrected chi connectivity index (χ3v) is 5.64. The van der Waals surface area contributed by atoms with E-state index in [0.717, 1.165) is 19.4 Å². The van der Waals surface area contributed by atoms with Crippen molar-refractivity contribution >= 4 is 14.2 Å². The van der Waals surface area contributed by atoms with Gasteiger partial charge in [0.2, 0.25) is 5.41 Å². The van der Waals surface area contributed by atoms with Gasteiger partial charge in [-0.15, -0.1) is 0 Å². The molecule has 1 fully saturated rings. The van der Waals surface area contributed by atoms with Crippen LogP contribution >= 0.6 is 0 Å². The van der Waals surface area contributed by atoms with Gasteiger partial charge in [0.05, 0.1) is 6.04 Å². The molecule has 0 amide bonds. The maximum atomic E-state index is 12.5. The summed E-state index contributed by atoms with van der Waals surface area (Å²) in [7, 11) is -3.17. The van der Waals surface area contributed by atoms with Crippen LogP contribution in [0.2, 0.25) is 0 Å². The maximum Gasteiger partial charge on any atom is 0.576 e. The molecule has 0 bridgehead atoms. The first-order chi connectivity index (χ1) is 8.20. The average molecular weight is 261 g/mol. The van der Waals surface area contributed by atoms with Gasteiger partial charge in [-0.2, -0.15) is 0 Å². The molecule has 1 aliphatic rings. The first-order valence-electron chi connectivity index (χ1n) is 6.39. The fraction of sp³-hybridized carbons (Fsp3) is 0.909. The van der Waals surface area contributed by atoms with E-state index in [-0.39, 0.29) is 11.4 Å². The van der Waals surface area contributed by atoms with Crippen molar-refractivity contribution in [2.24, 2.45) is 0 Å². The van der Waals surface area contributed by atoms with Crippen molar-refractivity contribution < 1.29 is 18.1 Å². The van der Waals surface area contributed by atoms with Crippen LogP contribution in [0.4, 0.5) is 0 Å². The van der Waals surface area contributed by atoms with E-state index >= 15 is 0 Å². The molecule has 0 radical (unpaired) electrons. The highest BCUT2D eigenvalue weighted by Crippen LogP contribution is 2.18. The SMILES string of the molecule is CCO[Si](OCC)(OCC)C(=O)[C@@H]1CCCN1. The molecule has 0 spiro atoms. The van der Waals surface area contributed by atoms with E-state index in [1.165, 1.54) is 0 Å². The molecule has 1 atom stereocenters. The highest BCUT2D eigenvalue weighted by atomic mass is 28.4. The number of rotatable bonds is 8. The zero-order valence-electron chi connectivity index (χ0n) is 11.0. The predicted molar refractivity (Wildman–Crippen MR) is 66.7 cm³/mol. The molecule has 1 rings (SSSR count). The van der Waals surface area contributed by atoms with Crippen molar-refractivity contribution in [3.05, 3.63) is 0 Å². The Morgan fingerprint density at radius 1 is 1.18 bits per heavy atom. The molecule has 0 saturated carbocycles. The molecule has 17 heavy (non-hydrogen) atoms. The molecule has 0 aromatic rings. The molecule has 6 heteroatoms. The largest absolute Gasteiger partial charge is 0.576 e. The summed E-state index contributed by atoms with van der Waals surface area (Å²) in [6, 6.07) is -0.161. The highest BCUT2D eigenvalue weighted by molar-refractivity contribution is 6.93. The Morgan fingerprint density at radius 3 is 2.06 bits per heavy atom. The van der Waals surface area contributed by atoms with E-state index in [0.29, 0.717) is 19.8 Å². The molecule has 0 aliphatic carbocycles. The molecule has 5 nitrogen and oxygen atoms in total. The number of hydrogen-bond acceptors (Lipinski definition) is 5. The summed E-state index contributed by atoms with van der Waals surface area (Å²) in [5.74, 6) is 0. The van der Waals surface area contributed by atoms with Gasteiger partial charge in [-0.3, -0.25) is 4.79 Å². The van der Waals surface area contributed by atoms with E-state index in [4.69, 9.17) is 13.3 Å². The number of carbonyl (C=O) groups excluding carboxylic acids is 1. The molecule has 1 saturated heterocycles. The van der Waals surface area contributed by atoms with E-state index in [1.807, 2.05) is 20.8 Å². The van der Waals surface area contributed by atoms with Gasteiger partial charge in [0.15, 0.2) is 0 Å². The highest BCUT2D eigenvalue weighted by Gasteiger charge is 2.53. The van der Waals surface area contributed by atoms with Crippen LogP contribution in [-0.4, -0.2) is 46.6 Å². The van der Waals surface area contributed by atoms with Crippen LogP contribution in [0.5, 0.6) is 0 Å². The smallest absolute Gasteiger partial charge is 0.369 e. The van der Waals surface area contributed by atoms with Crippen LogP contribution in [0.1, 0.15) is 33.6 Å². The third kappa shape index (κ3) is 3.59. The lowest BCUT2D eigenvalue weighted by Crippen LogP contribution is -2.59. The van der Waals surface area contributed by atoms with Crippen LogP contribution in [0, 0.1) is 0 Å². The molecular weight excluding hydrogens is 238 g/mol. The van der Waals surface area contributed by atoms with Crippen LogP contribution < -0.4 is 5.32 Å². The van der Waals surface area contributed by atoms with Gasteiger partial charge in [0, 0.05) is 19.8 Å². The summed E-state index contributed by atoms with van der Waals surface area (Å²) in [5.41, 5.74) is 0. The topological polar surface area (TPSA) is 56.8 Å². The first kappa shape index (κ1) is 14.8. The minimum Gasteiger partial charge on any atom is -0.369 e. The van der Waals surface area contributed by atoms with E-state index in [9.17, 15) is 4.79 Å². The molecule has 100 valence electrons. The second kappa shape index (κ2) is 7.23. The van der Waals surface area contributed by atoms with Crippen LogP contribution in [-0.2, 0) is 18.1 Å². The summed E-state index contributed by atoms with van der Waals surface area (Å²) in [6.45, 7) is 7.75. The zero-order valence-corrected chi connectivity index (χ0v) is 12.0. The molecule has 1 aliphatic heterocycles. The van der Waals surface area contributed by atoms with Gasteiger partial charge in [-0.1, -0.05) is 0 Å². The lowest BCUT2D eigenvalue weighted by Gasteiger charge is -2.28. The van der Waals surface area contributed by atoms with E-state index in [1.54, 1.807) is 0 Å². The minimum atomic E-state index is -3.17. The molecule has 0 aromatic carbocycles. The van der Waals surface area contributed by atoms with E-state index < -0.39 is 8.80 Å². The zero-order chi connectivity index (χ0) is 12.7. The maximum absolute atomic E-state index is 12.5. The Labute approximate surface area is 104 Å². The predicted octanol–water partition coefficient (Wildman–Crippen LogP) is 0.895. The standard InChI is InChI=1S/C11H23NO4Si/c1-4-14-17(15-5-2,16-6-3)11(13)10-8-7-9-12-10/h10,12H,4-9H2,1-3H3/t10-/m0/s1. The van der Waals surface area contributed by atoms with Crippen LogP contribution in [0.3, 0.4) is 0 Å². The summed E-state index contributed by atoms with van der Waals surface area (Å²) in [6.07, 6.45) is 1.87. The van der Waals surface area contributed by atoms with Crippen molar-refractivity contribution in [2.45, 2.75) is 39.7 Å². The number of carbonyl (C=O) groups is 1. The average Bonchev–Trinajstić information content (AvgIpc) is 2.82.